The highest BCUT2D eigenvalue weighted by Gasteiger charge is 1.95. The quantitative estimate of drug-likeness (QED) is 0.702. The van der Waals surface area contributed by atoms with Crippen LogP contribution in [0.1, 0.15) is 5.82 Å². The van der Waals surface area contributed by atoms with E-state index in [1.54, 1.807) is 12.4 Å². The van der Waals surface area contributed by atoms with Crippen LogP contribution in [-0.2, 0) is 0 Å². The number of imidazole rings is 1. The molecular weight excluding hydrogens is 180 g/mol. The fraction of sp³-hybridized carbons (Fsp3) is 0.167. The fourth-order valence-electron chi connectivity index (χ4n) is 0.522. The second-order valence-electron chi connectivity index (χ2n) is 1.67. The van der Waals surface area contributed by atoms with Crippen LogP contribution in [0.2, 0.25) is 0 Å². The first-order valence-corrected chi connectivity index (χ1v) is 3.70. The second-order valence-corrected chi connectivity index (χ2v) is 2.24. The van der Waals surface area contributed by atoms with Gasteiger partial charge in [0.15, 0.2) is 0 Å². The maximum absolute atomic E-state index is 4.00. The van der Waals surface area contributed by atoms with Crippen LogP contribution in [0.25, 0.3) is 5.57 Å². The molecule has 0 saturated carbocycles. The van der Waals surface area contributed by atoms with Gasteiger partial charge < -0.3 is 4.98 Å². The summed E-state index contributed by atoms with van der Waals surface area (Å²) in [5.74, 6) is 0.854. The Hall–Kier alpha value is -0.570. The molecule has 1 rings (SSSR count). The number of allylic oxidation sites excluding steroid dienone is 1. The summed E-state index contributed by atoms with van der Waals surface area (Å²) in [6.07, 6.45) is 3.49. The highest BCUT2D eigenvalue weighted by Crippen LogP contribution is 2.07. The zero-order valence-electron chi connectivity index (χ0n) is 4.89. The maximum atomic E-state index is 4.00. The van der Waals surface area contributed by atoms with Crippen molar-refractivity contribution >= 4 is 21.5 Å². The standard InChI is InChI=1S/C6H7BrN2/c1-5(4-7)6-8-2-3-9-6/h2-3H,1,4H2,(H,8,9). The molecule has 0 aliphatic heterocycles. The Bertz CT molecular complexity index is 191. The van der Waals surface area contributed by atoms with Crippen molar-refractivity contribution in [3.63, 3.8) is 0 Å². The van der Waals surface area contributed by atoms with Crippen molar-refractivity contribution < 1.29 is 0 Å². The van der Waals surface area contributed by atoms with Crippen LogP contribution < -0.4 is 0 Å². The molecule has 1 N–H and O–H groups in total. The van der Waals surface area contributed by atoms with Crippen LogP contribution in [0.5, 0.6) is 0 Å². The molecular formula is C6H7BrN2. The SMILES string of the molecule is C=C(CBr)c1ncc[nH]1. The van der Waals surface area contributed by atoms with Gasteiger partial charge in [-0.25, -0.2) is 4.98 Å². The van der Waals surface area contributed by atoms with Crippen molar-refractivity contribution in [3.8, 4) is 0 Å². The van der Waals surface area contributed by atoms with Gasteiger partial charge in [-0.05, 0) is 5.57 Å². The summed E-state index contributed by atoms with van der Waals surface area (Å²) in [6.45, 7) is 3.78. The van der Waals surface area contributed by atoms with E-state index in [4.69, 9.17) is 0 Å². The van der Waals surface area contributed by atoms with Crippen LogP contribution in [0.4, 0.5) is 0 Å². The van der Waals surface area contributed by atoms with Crippen LogP contribution in [0, 0.1) is 0 Å². The van der Waals surface area contributed by atoms with Crippen LogP contribution in [-0.4, -0.2) is 15.3 Å². The van der Waals surface area contributed by atoms with Crippen LogP contribution in [0.3, 0.4) is 0 Å². The lowest BCUT2D eigenvalue weighted by Crippen LogP contribution is -1.84. The van der Waals surface area contributed by atoms with Gasteiger partial charge in [-0.3, -0.25) is 0 Å². The number of H-pyrrole nitrogens is 1. The third-order valence-electron chi connectivity index (χ3n) is 0.994. The molecule has 0 unspecified atom stereocenters. The van der Waals surface area contributed by atoms with Gasteiger partial charge in [0, 0.05) is 17.7 Å². The smallest absolute Gasteiger partial charge is 0.133 e. The van der Waals surface area contributed by atoms with Gasteiger partial charge in [-0.15, -0.1) is 0 Å². The first-order chi connectivity index (χ1) is 4.34. The molecule has 9 heavy (non-hydrogen) atoms. The number of alkyl halides is 1. The molecule has 0 fully saturated rings. The van der Waals surface area contributed by atoms with E-state index in [1.807, 2.05) is 0 Å². The Labute approximate surface area is 62.1 Å². The minimum absolute atomic E-state index is 0.764. The molecule has 0 aromatic carbocycles. The zero-order valence-corrected chi connectivity index (χ0v) is 6.48. The minimum atomic E-state index is 0.764. The Morgan fingerprint density at radius 2 is 2.67 bits per heavy atom. The third-order valence-corrected chi connectivity index (χ3v) is 1.67. The topological polar surface area (TPSA) is 28.7 Å². The van der Waals surface area contributed by atoms with Crippen molar-refractivity contribution in [1.29, 1.82) is 0 Å². The minimum Gasteiger partial charge on any atom is -0.345 e. The number of aromatic nitrogens is 2. The monoisotopic (exact) mass is 186 g/mol. The summed E-state index contributed by atoms with van der Waals surface area (Å²) >= 11 is 3.28. The number of nitrogens with one attached hydrogen (secondary N) is 1. The van der Waals surface area contributed by atoms with E-state index >= 15 is 0 Å². The Morgan fingerprint density at radius 3 is 3.11 bits per heavy atom. The lowest BCUT2D eigenvalue weighted by molar-refractivity contribution is 1.24. The molecule has 0 spiro atoms. The third kappa shape index (κ3) is 1.42. The van der Waals surface area contributed by atoms with Gasteiger partial charge in [0.05, 0.1) is 0 Å². The van der Waals surface area contributed by atoms with Crippen molar-refractivity contribution in [2.75, 3.05) is 5.33 Å². The largest absolute Gasteiger partial charge is 0.345 e. The molecule has 0 aliphatic rings. The molecule has 48 valence electrons. The zero-order chi connectivity index (χ0) is 6.69. The van der Waals surface area contributed by atoms with E-state index in [1.165, 1.54) is 0 Å². The van der Waals surface area contributed by atoms with Crippen LogP contribution in [0.15, 0.2) is 19.0 Å². The number of rotatable bonds is 2. The number of nitrogens with zero attached hydrogens (tertiary/aromatic N) is 1. The first-order valence-electron chi connectivity index (χ1n) is 2.58. The molecule has 2 nitrogen and oxygen atoms in total. The summed E-state index contributed by atoms with van der Waals surface area (Å²) in [5, 5.41) is 0.764. The molecule has 0 aliphatic carbocycles. The van der Waals surface area contributed by atoms with E-state index in [9.17, 15) is 0 Å². The summed E-state index contributed by atoms with van der Waals surface area (Å²) in [7, 11) is 0. The van der Waals surface area contributed by atoms with Crippen molar-refractivity contribution in [2.45, 2.75) is 0 Å². The molecule has 1 heterocycles. The fourth-order valence-corrected chi connectivity index (χ4v) is 0.787. The van der Waals surface area contributed by atoms with E-state index in [2.05, 4.69) is 32.5 Å². The number of aromatic amines is 1. The lowest BCUT2D eigenvalue weighted by atomic mass is 10.3. The molecule has 3 heteroatoms. The summed E-state index contributed by atoms with van der Waals surface area (Å²) < 4.78 is 0. The average Bonchev–Trinajstić information content (AvgIpc) is 2.37. The molecule has 1 aromatic heterocycles. The van der Waals surface area contributed by atoms with E-state index in [-0.39, 0.29) is 0 Å². The number of halogens is 1. The van der Waals surface area contributed by atoms with E-state index in [0.717, 1.165) is 16.7 Å². The summed E-state index contributed by atoms with van der Waals surface area (Å²) in [4.78, 5) is 6.95. The molecule has 1 aromatic rings. The average molecular weight is 187 g/mol. The Morgan fingerprint density at radius 1 is 1.89 bits per heavy atom. The summed E-state index contributed by atoms with van der Waals surface area (Å²) in [5.41, 5.74) is 0.972. The molecule has 0 saturated heterocycles. The molecule has 0 amide bonds. The Kier molecular flexibility index (Phi) is 2.05. The number of hydrogen-bond donors (Lipinski definition) is 1. The molecule has 0 atom stereocenters. The highest BCUT2D eigenvalue weighted by molar-refractivity contribution is 9.09. The van der Waals surface area contributed by atoms with Gasteiger partial charge in [-0.2, -0.15) is 0 Å². The lowest BCUT2D eigenvalue weighted by Gasteiger charge is -1.91. The molecule has 0 bridgehead atoms. The van der Waals surface area contributed by atoms with Crippen molar-refractivity contribution in [2.24, 2.45) is 0 Å². The van der Waals surface area contributed by atoms with Gasteiger partial charge >= 0.3 is 0 Å². The van der Waals surface area contributed by atoms with Gasteiger partial charge in [-0.1, -0.05) is 22.5 Å². The van der Waals surface area contributed by atoms with Crippen molar-refractivity contribution in [3.05, 3.63) is 24.8 Å². The maximum Gasteiger partial charge on any atom is 0.133 e. The Balaban J connectivity index is 2.77. The summed E-state index contributed by atoms with van der Waals surface area (Å²) in [6, 6.07) is 0. The molecule has 0 radical (unpaired) electrons. The van der Waals surface area contributed by atoms with Crippen molar-refractivity contribution in [1.82, 2.24) is 9.97 Å². The highest BCUT2D eigenvalue weighted by atomic mass is 79.9. The second kappa shape index (κ2) is 2.82. The van der Waals surface area contributed by atoms with E-state index < -0.39 is 0 Å². The number of hydrogen-bond acceptors (Lipinski definition) is 1. The predicted molar refractivity (Wildman–Crippen MR) is 41.4 cm³/mol. The van der Waals surface area contributed by atoms with Gasteiger partial charge in [0.25, 0.3) is 0 Å². The van der Waals surface area contributed by atoms with Gasteiger partial charge in [0.2, 0.25) is 0 Å². The van der Waals surface area contributed by atoms with E-state index in [0.29, 0.717) is 0 Å². The van der Waals surface area contributed by atoms with Crippen LogP contribution >= 0.6 is 15.9 Å². The predicted octanol–water partition coefficient (Wildman–Crippen LogP) is 1.82. The normalized spacial score (nSPS) is 9.44. The first kappa shape index (κ1) is 6.55. The van der Waals surface area contributed by atoms with Gasteiger partial charge in [0.1, 0.15) is 5.82 Å².